The van der Waals surface area contributed by atoms with Crippen LogP contribution in [-0.2, 0) is 14.8 Å². The van der Waals surface area contributed by atoms with Gasteiger partial charge in [0.15, 0.2) is 0 Å². The molecule has 1 aliphatic rings. The minimum atomic E-state index is -3.49. The summed E-state index contributed by atoms with van der Waals surface area (Å²) in [6.45, 7) is 3.06. The maximum absolute atomic E-state index is 12.0. The molecule has 7 heteroatoms. The number of hydrogen-bond acceptors (Lipinski definition) is 4. The molecule has 1 aromatic rings. The first-order chi connectivity index (χ1) is 8.49. The molecular formula is C11H15BrN2O3S. The number of ether oxygens (including phenoxy) is 1. The fraction of sp³-hybridized carbons (Fsp3) is 0.545. The van der Waals surface area contributed by atoms with E-state index in [0.717, 1.165) is 6.42 Å². The highest BCUT2D eigenvalue weighted by molar-refractivity contribution is 9.10. The third kappa shape index (κ3) is 3.28. The Morgan fingerprint density at radius 1 is 1.56 bits per heavy atom. The van der Waals surface area contributed by atoms with Crippen LogP contribution >= 0.6 is 15.9 Å². The van der Waals surface area contributed by atoms with E-state index < -0.39 is 10.0 Å². The van der Waals surface area contributed by atoms with Gasteiger partial charge in [-0.05, 0) is 35.3 Å². The third-order valence-electron chi connectivity index (χ3n) is 3.06. The first-order valence-electron chi connectivity index (χ1n) is 5.71. The molecule has 0 spiro atoms. The van der Waals surface area contributed by atoms with Crippen molar-refractivity contribution >= 4 is 26.0 Å². The Kier molecular flexibility index (Phi) is 4.37. The molecule has 0 aliphatic carbocycles. The smallest absolute Gasteiger partial charge is 0.242 e. The molecule has 1 aromatic heterocycles. The molecule has 100 valence electrons. The zero-order valence-corrected chi connectivity index (χ0v) is 12.4. The molecule has 0 aromatic carbocycles. The lowest BCUT2D eigenvalue weighted by molar-refractivity contribution is 0.107. The number of aromatic nitrogens is 1. The van der Waals surface area contributed by atoms with Gasteiger partial charge in [0.2, 0.25) is 10.0 Å². The fourth-order valence-corrected chi connectivity index (χ4v) is 3.48. The molecule has 1 saturated heterocycles. The molecule has 2 heterocycles. The van der Waals surface area contributed by atoms with Gasteiger partial charge >= 0.3 is 0 Å². The molecule has 2 unspecified atom stereocenters. The van der Waals surface area contributed by atoms with Crippen LogP contribution in [0.2, 0.25) is 0 Å². The van der Waals surface area contributed by atoms with Crippen LogP contribution in [0.25, 0.3) is 0 Å². The third-order valence-corrected chi connectivity index (χ3v) is 4.88. The van der Waals surface area contributed by atoms with Crippen molar-refractivity contribution in [2.45, 2.75) is 24.3 Å². The molecule has 0 amide bonds. The molecule has 0 bridgehead atoms. The molecular weight excluding hydrogens is 320 g/mol. The summed E-state index contributed by atoms with van der Waals surface area (Å²) in [5.74, 6) is 0.236. The lowest BCUT2D eigenvalue weighted by Gasteiger charge is -2.14. The van der Waals surface area contributed by atoms with E-state index in [1.165, 1.54) is 12.3 Å². The van der Waals surface area contributed by atoms with Crippen LogP contribution in [0, 0.1) is 5.92 Å². The highest BCUT2D eigenvalue weighted by Gasteiger charge is 2.26. The number of halogens is 1. The van der Waals surface area contributed by atoms with Crippen molar-refractivity contribution in [3.05, 3.63) is 22.9 Å². The summed E-state index contributed by atoms with van der Waals surface area (Å²) in [7, 11) is -3.49. The van der Waals surface area contributed by atoms with Crippen LogP contribution in [-0.4, -0.2) is 32.7 Å². The summed E-state index contributed by atoms with van der Waals surface area (Å²) >= 11 is 3.21. The Balaban J connectivity index is 2.03. The minimum absolute atomic E-state index is 0.105. The van der Waals surface area contributed by atoms with Crippen LogP contribution in [0.4, 0.5) is 0 Å². The van der Waals surface area contributed by atoms with Crippen molar-refractivity contribution in [1.82, 2.24) is 9.71 Å². The van der Waals surface area contributed by atoms with Crippen molar-refractivity contribution in [2.24, 2.45) is 5.92 Å². The van der Waals surface area contributed by atoms with Gasteiger partial charge in [0.1, 0.15) is 4.90 Å². The Morgan fingerprint density at radius 2 is 2.33 bits per heavy atom. The number of nitrogens with one attached hydrogen (secondary N) is 1. The lowest BCUT2D eigenvalue weighted by Crippen LogP contribution is -2.32. The Hall–Kier alpha value is -0.500. The summed E-state index contributed by atoms with van der Waals surface area (Å²) in [6.07, 6.45) is 3.88. The zero-order chi connectivity index (χ0) is 13.2. The second-order valence-corrected chi connectivity index (χ2v) is 7.00. The maximum Gasteiger partial charge on any atom is 0.242 e. The average Bonchev–Trinajstić information content (AvgIpc) is 2.72. The first-order valence-corrected chi connectivity index (χ1v) is 7.98. The van der Waals surface area contributed by atoms with Crippen LogP contribution in [0.5, 0.6) is 0 Å². The molecule has 0 saturated carbocycles. The van der Waals surface area contributed by atoms with E-state index >= 15 is 0 Å². The van der Waals surface area contributed by atoms with Gasteiger partial charge in [-0.3, -0.25) is 4.98 Å². The van der Waals surface area contributed by atoms with Crippen molar-refractivity contribution in [1.29, 1.82) is 0 Å². The van der Waals surface area contributed by atoms with E-state index in [9.17, 15) is 8.42 Å². The monoisotopic (exact) mass is 334 g/mol. The van der Waals surface area contributed by atoms with Gasteiger partial charge < -0.3 is 4.74 Å². The SMILES string of the molecule is CC1OCCC1CNS(=O)(=O)c1cncc(Br)c1. The lowest BCUT2D eigenvalue weighted by atomic mass is 10.0. The quantitative estimate of drug-likeness (QED) is 0.906. The summed E-state index contributed by atoms with van der Waals surface area (Å²) < 4.78 is 32.7. The summed E-state index contributed by atoms with van der Waals surface area (Å²) in [6, 6.07) is 1.53. The van der Waals surface area contributed by atoms with E-state index in [2.05, 4.69) is 25.6 Å². The number of sulfonamides is 1. The number of nitrogens with zero attached hydrogens (tertiary/aromatic N) is 1. The maximum atomic E-state index is 12.0. The Morgan fingerprint density at radius 3 is 2.94 bits per heavy atom. The van der Waals surface area contributed by atoms with Gasteiger partial charge in [-0.15, -0.1) is 0 Å². The van der Waals surface area contributed by atoms with Crippen molar-refractivity contribution in [3.63, 3.8) is 0 Å². The topological polar surface area (TPSA) is 68.3 Å². The fourth-order valence-electron chi connectivity index (χ4n) is 1.88. The molecule has 1 fully saturated rings. The van der Waals surface area contributed by atoms with Gasteiger partial charge in [-0.2, -0.15) is 0 Å². The molecule has 18 heavy (non-hydrogen) atoms. The Bertz CT molecular complexity index is 521. The van der Waals surface area contributed by atoms with Gasteiger partial charge in [-0.25, -0.2) is 13.1 Å². The predicted octanol–water partition coefficient (Wildman–Crippen LogP) is 1.55. The second kappa shape index (κ2) is 5.64. The standard InChI is InChI=1S/C11H15BrN2O3S/c1-8-9(2-3-17-8)5-14-18(15,16)11-4-10(12)6-13-7-11/h4,6-9,14H,2-3,5H2,1H3. The average molecular weight is 335 g/mol. The Labute approximate surface area is 115 Å². The van der Waals surface area contributed by atoms with Crippen LogP contribution in [0.1, 0.15) is 13.3 Å². The normalized spacial score (nSPS) is 24.3. The van der Waals surface area contributed by atoms with Crippen LogP contribution in [0.3, 0.4) is 0 Å². The zero-order valence-electron chi connectivity index (χ0n) is 9.97. The molecule has 5 nitrogen and oxygen atoms in total. The minimum Gasteiger partial charge on any atom is -0.378 e. The summed E-state index contributed by atoms with van der Waals surface area (Å²) in [4.78, 5) is 4.02. The molecule has 0 radical (unpaired) electrons. The van der Waals surface area contributed by atoms with Gasteiger partial charge in [0.25, 0.3) is 0 Å². The van der Waals surface area contributed by atoms with E-state index in [1.807, 2.05) is 6.92 Å². The highest BCUT2D eigenvalue weighted by atomic mass is 79.9. The van der Waals surface area contributed by atoms with Crippen molar-refractivity contribution in [3.8, 4) is 0 Å². The number of pyridine rings is 1. The first kappa shape index (κ1) is 13.9. The molecule has 1 N–H and O–H groups in total. The van der Waals surface area contributed by atoms with Gasteiger partial charge in [0, 0.05) is 35.9 Å². The molecule has 2 atom stereocenters. The predicted molar refractivity (Wildman–Crippen MR) is 70.6 cm³/mol. The number of rotatable bonds is 4. The number of hydrogen-bond donors (Lipinski definition) is 1. The second-order valence-electron chi connectivity index (χ2n) is 4.32. The van der Waals surface area contributed by atoms with Gasteiger partial charge in [0.05, 0.1) is 6.10 Å². The molecule has 1 aliphatic heterocycles. The summed E-state index contributed by atoms with van der Waals surface area (Å²) in [5.41, 5.74) is 0. The van der Waals surface area contributed by atoms with E-state index in [1.54, 1.807) is 6.20 Å². The largest absolute Gasteiger partial charge is 0.378 e. The molecule has 2 rings (SSSR count). The van der Waals surface area contributed by atoms with Gasteiger partial charge in [-0.1, -0.05) is 0 Å². The van der Waals surface area contributed by atoms with Crippen LogP contribution < -0.4 is 4.72 Å². The van der Waals surface area contributed by atoms with Crippen molar-refractivity contribution < 1.29 is 13.2 Å². The van der Waals surface area contributed by atoms with E-state index in [4.69, 9.17) is 4.74 Å². The van der Waals surface area contributed by atoms with E-state index in [0.29, 0.717) is 17.6 Å². The van der Waals surface area contributed by atoms with Crippen LogP contribution in [0.15, 0.2) is 27.8 Å². The summed E-state index contributed by atoms with van der Waals surface area (Å²) in [5, 5.41) is 0. The highest BCUT2D eigenvalue weighted by Crippen LogP contribution is 2.20. The van der Waals surface area contributed by atoms with Crippen molar-refractivity contribution in [2.75, 3.05) is 13.2 Å². The van der Waals surface area contributed by atoms with E-state index in [-0.39, 0.29) is 16.9 Å².